The van der Waals surface area contributed by atoms with E-state index in [0.717, 1.165) is 37.7 Å². The quantitative estimate of drug-likeness (QED) is 0.209. The van der Waals surface area contributed by atoms with Crippen molar-refractivity contribution in [3.63, 3.8) is 0 Å². The van der Waals surface area contributed by atoms with Gasteiger partial charge in [-0.1, -0.05) is 58.0 Å². The minimum absolute atomic E-state index is 0. The Hall–Kier alpha value is -2.40. The van der Waals surface area contributed by atoms with E-state index in [0.29, 0.717) is 23.7 Å². The molecule has 3 aliphatic rings. The number of carbonyl (C=O) groups is 1. The Balaban J connectivity index is 0.000000871. The van der Waals surface area contributed by atoms with Crippen LogP contribution in [-0.2, 0) is 16.1 Å². The number of fused-ring (bicyclic) bond motifs is 4. The van der Waals surface area contributed by atoms with Gasteiger partial charge in [0.25, 0.3) is 0 Å². The van der Waals surface area contributed by atoms with Gasteiger partial charge in [0.05, 0.1) is 18.3 Å². The first-order valence-electron chi connectivity index (χ1n) is 12.5. The largest absolute Gasteiger partial charge is 0.458 e. The minimum atomic E-state index is -0.306. The van der Waals surface area contributed by atoms with Gasteiger partial charge in [-0.2, -0.15) is 0 Å². The Labute approximate surface area is 229 Å². The first-order valence-corrected chi connectivity index (χ1v) is 12.5. The van der Waals surface area contributed by atoms with Crippen LogP contribution in [-0.4, -0.2) is 31.5 Å². The van der Waals surface area contributed by atoms with Gasteiger partial charge in [0, 0.05) is 11.5 Å². The molecule has 1 saturated heterocycles. The van der Waals surface area contributed by atoms with Crippen molar-refractivity contribution in [3.05, 3.63) is 75.1 Å². The van der Waals surface area contributed by atoms with Gasteiger partial charge < -0.3 is 10.2 Å². The van der Waals surface area contributed by atoms with Crippen LogP contribution in [0.15, 0.2) is 63.7 Å². The second-order valence-electron chi connectivity index (χ2n) is 9.70. The summed E-state index contributed by atoms with van der Waals surface area (Å²) in [6.45, 7) is 10.8. The third-order valence-corrected chi connectivity index (χ3v) is 7.05. The number of halogens is 1. The summed E-state index contributed by atoms with van der Waals surface area (Å²) in [6, 6.07) is 8.92. The highest BCUT2D eigenvalue weighted by atomic mass is 127. The zero-order valence-corrected chi connectivity index (χ0v) is 23.6. The normalized spacial score (nSPS) is 24.8. The van der Waals surface area contributed by atoms with Crippen molar-refractivity contribution in [2.24, 2.45) is 11.8 Å². The second kappa shape index (κ2) is 12.7. The van der Waals surface area contributed by atoms with E-state index >= 15 is 0 Å². The topological polar surface area (TPSA) is 107 Å². The maximum Gasteiger partial charge on any atom is 0.352 e. The number of aromatic nitrogens is 3. The summed E-state index contributed by atoms with van der Waals surface area (Å²) in [7, 11) is 0. The molecule has 2 aliphatic heterocycles. The predicted octanol–water partition coefficient (Wildman–Crippen LogP) is 4.19. The molecule has 9 heteroatoms. The lowest BCUT2D eigenvalue weighted by Crippen LogP contribution is -2.35. The van der Waals surface area contributed by atoms with Gasteiger partial charge in [0.2, 0.25) is 0 Å². The van der Waals surface area contributed by atoms with E-state index < -0.39 is 0 Å². The average molecular weight is 612 g/mol. The highest BCUT2D eigenvalue weighted by Gasteiger charge is 2.40. The van der Waals surface area contributed by atoms with Crippen LogP contribution >= 0.6 is 24.0 Å². The highest BCUT2D eigenvalue weighted by molar-refractivity contribution is 14.0. The lowest BCUT2D eigenvalue weighted by Gasteiger charge is -2.31. The summed E-state index contributed by atoms with van der Waals surface area (Å²) in [5.41, 5.74) is 1.71. The van der Waals surface area contributed by atoms with Crippen LogP contribution in [0.4, 0.5) is 0 Å². The molecule has 3 heterocycles. The molecule has 0 amide bonds. The van der Waals surface area contributed by atoms with Crippen molar-refractivity contribution in [3.8, 4) is 5.69 Å². The zero-order chi connectivity index (χ0) is 24.4. The molecule has 1 aliphatic carbocycles. The number of rotatable bonds is 1. The Morgan fingerprint density at radius 1 is 1.03 bits per heavy atom. The molecule has 1 aromatic carbocycles. The molecule has 0 spiro atoms. The number of allylic oxidation sites excluding steroid dienone is 2. The third-order valence-electron chi connectivity index (χ3n) is 7.05. The fraction of sp³-hybridized carbons (Fsp3) is 0.519. The van der Waals surface area contributed by atoms with Crippen LogP contribution < -0.4 is 11.4 Å². The summed E-state index contributed by atoms with van der Waals surface area (Å²) in [5.74, 6) is 0.0736. The zero-order valence-electron chi connectivity index (χ0n) is 21.3. The molecule has 0 radical (unpaired) electrons. The molecule has 0 bridgehead atoms. The van der Waals surface area contributed by atoms with Gasteiger partial charge >= 0.3 is 17.3 Å². The molecule has 1 unspecified atom stereocenters. The second-order valence-corrected chi connectivity index (χ2v) is 9.70. The van der Waals surface area contributed by atoms with E-state index in [1.54, 1.807) is 21.5 Å². The number of carbonyl (C=O) groups excluding carboxylic acids is 1. The van der Waals surface area contributed by atoms with Crippen LogP contribution in [0.2, 0.25) is 0 Å². The highest BCUT2D eigenvalue weighted by Crippen LogP contribution is 2.40. The lowest BCUT2D eigenvalue weighted by atomic mass is 9.81. The van der Waals surface area contributed by atoms with E-state index in [1.165, 1.54) is 11.0 Å². The van der Waals surface area contributed by atoms with Gasteiger partial charge in [-0.3, -0.25) is 0 Å². The number of ether oxygens (including phenoxy) is 1. The summed E-state index contributed by atoms with van der Waals surface area (Å²) in [5, 5.41) is 0. The smallest absolute Gasteiger partial charge is 0.352 e. The maximum absolute atomic E-state index is 13.4. The summed E-state index contributed by atoms with van der Waals surface area (Å²) >= 11 is 0. The van der Waals surface area contributed by atoms with Gasteiger partial charge in [-0.15, -0.1) is 24.0 Å². The van der Waals surface area contributed by atoms with E-state index in [1.807, 2.05) is 18.2 Å². The van der Waals surface area contributed by atoms with Crippen molar-refractivity contribution in [1.82, 2.24) is 13.9 Å². The SMILES string of the molecule is C=C1C(=O)O[C@@H]2CC(C)CC[C@@H]3C(=CCn4c(=O)n(-c5ccccc5)c(=O)n43)CC[C@@H]12.CCC.I.O. The number of benzene rings is 1. The standard InChI is InChI=1S/C24H27N3O4.C3H8.HI.H2O/c1-15-8-11-20-17(9-10-19-16(2)22(28)31-21(19)14-15)12-13-25-23(29)26(24(30)27(20)25)18-6-4-3-5-7-18;1-3-2;;/h3-7,12,15,19-21H,2,8-11,13-14H2,1H3;3H2,1-2H3;1H;1H2/t15?,19-,20+,21+;;;/m0.../s1. The number of para-hydroxylation sites is 1. The Kier molecular flexibility index (Phi) is 10.5. The molecule has 2 fully saturated rings. The van der Waals surface area contributed by atoms with Crippen molar-refractivity contribution >= 4 is 29.9 Å². The van der Waals surface area contributed by atoms with Gasteiger partial charge in [0.1, 0.15) is 6.10 Å². The fourth-order valence-corrected chi connectivity index (χ4v) is 5.36. The molecule has 198 valence electrons. The van der Waals surface area contributed by atoms with E-state index in [9.17, 15) is 14.4 Å². The molecule has 5 rings (SSSR count). The molecule has 8 nitrogen and oxygen atoms in total. The molecule has 1 aromatic heterocycles. The van der Waals surface area contributed by atoms with E-state index in [4.69, 9.17) is 4.74 Å². The third kappa shape index (κ3) is 5.61. The molecule has 2 N–H and O–H groups in total. The number of esters is 1. The van der Waals surface area contributed by atoms with Gasteiger partial charge in [-0.25, -0.2) is 28.3 Å². The van der Waals surface area contributed by atoms with Crippen LogP contribution in [0, 0.1) is 11.8 Å². The monoisotopic (exact) mass is 611 g/mol. The van der Waals surface area contributed by atoms with Crippen LogP contribution in [0.3, 0.4) is 0 Å². The molecule has 2 aromatic rings. The van der Waals surface area contributed by atoms with E-state index in [2.05, 4.69) is 33.4 Å². The predicted molar refractivity (Wildman–Crippen MR) is 151 cm³/mol. The Morgan fingerprint density at radius 2 is 1.69 bits per heavy atom. The molecule has 1 saturated carbocycles. The summed E-state index contributed by atoms with van der Waals surface area (Å²) < 4.78 is 10.1. The van der Waals surface area contributed by atoms with Crippen LogP contribution in [0.5, 0.6) is 0 Å². The van der Waals surface area contributed by atoms with Crippen molar-refractivity contribution in [2.45, 2.75) is 78.0 Å². The summed E-state index contributed by atoms with van der Waals surface area (Å²) in [6.07, 6.45) is 7.21. The maximum atomic E-state index is 13.4. The Bertz CT molecular complexity index is 1210. The number of hydrogen-bond donors (Lipinski definition) is 0. The van der Waals surface area contributed by atoms with Crippen LogP contribution in [0.1, 0.15) is 65.3 Å². The number of nitrogens with zero attached hydrogens (tertiary/aromatic N) is 3. The van der Waals surface area contributed by atoms with Crippen LogP contribution in [0.25, 0.3) is 5.69 Å². The first-order chi connectivity index (χ1) is 16.4. The van der Waals surface area contributed by atoms with Crippen molar-refractivity contribution < 1.29 is 15.0 Å². The van der Waals surface area contributed by atoms with Gasteiger partial charge in [0.15, 0.2) is 0 Å². The Morgan fingerprint density at radius 3 is 2.36 bits per heavy atom. The first kappa shape index (κ1) is 29.8. The summed E-state index contributed by atoms with van der Waals surface area (Å²) in [4.78, 5) is 38.6. The molecule has 4 atom stereocenters. The minimum Gasteiger partial charge on any atom is -0.458 e. The number of hydrogen-bond acceptors (Lipinski definition) is 4. The van der Waals surface area contributed by atoms with Gasteiger partial charge in [-0.05, 0) is 55.7 Å². The van der Waals surface area contributed by atoms with Crippen molar-refractivity contribution in [2.75, 3.05) is 0 Å². The van der Waals surface area contributed by atoms with Crippen molar-refractivity contribution in [1.29, 1.82) is 0 Å². The van der Waals surface area contributed by atoms with E-state index in [-0.39, 0.29) is 64.9 Å². The molecular weight excluding hydrogens is 573 g/mol. The fourth-order valence-electron chi connectivity index (χ4n) is 5.36. The molecular formula is C27H38IN3O5. The lowest BCUT2D eigenvalue weighted by molar-refractivity contribution is -0.139. The average Bonchev–Trinajstić information content (AvgIpc) is 3.23. The molecule has 36 heavy (non-hydrogen) atoms.